The highest BCUT2D eigenvalue weighted by atomic mass is 16.2. The van der Waals surface area contributed by atoms with E-state index < -0.39 is 5.91 Å². The maximum absolute atomic E-state index is 12.2. The van der Waals surface area contributed by atoms with Gasteiger partial charge in [-0.25, -0.2) is 4.79 Å². The predicted octanol–water partition coefficient (Wildman–Crippen LogP) is 1.14. The van der Waals surface area contributed by atoms with Crippen LogP contribution >= 0.6 is 0 Å². The highest BCUT2D eigenvalue weighted by Crippen LogP contribution is 2.16. The lowest BCUT2D eigenvalue weighted by Crippen LogP contribution is -2.19. The van der Waals surface area contributed by atoms with Gasteiger partial charge in [0.05, 0.1) is 28.7 Å². The quantitative estimate of drug-likeness (QED) is 0.578. The molecule has 0 spiro atoms. The van der Waals surface area contributed by atoms with Gasteiger partial charge in [-0.1, -0.05) is 18.2 Å². The number of para-hydroxylation sites is 1. The fourth-order valence-electron chi connectivity index (χ4n) is 2.38. The van der Waals surface area contributed by atoms with Crippen molar-refractivity contribution in [2.45, 2.75) is 6.42 Å². The second kappa shape index (κ2) is 5.80. The summed E-state index contributed by atoms with van der Waals surface area (Å²) in [6.45, 7) is 0. The van der Waals surface area contributed by atoms with Crippen LogP contribution in [-0.4, -0.2) is 21.8 Å². The van der Waals surface area contributed by atoms with Gasteiger partial charge in [0.25, 0.3) is 5.91 Å². The summed E-state index contributed by atoms with van der Waals surface area (Å²) >= 11 is 0. The lowest BCUT2D eigenvalue weighted by molar-refractivity contribution is -0.115. The largest absolute Gasteiger partial charge is 0.366 e. The molecule has 0 unspecified atom stereocenters. The smallest absolute Gasteiger partial charge is 0.323 e. The van der Waals surface area contributed by atoms with E-state index in [9.17, 15) is 14.4 Å². The number of hydrogen-bond donors (Lipinski definition) is 4. The molecular formula is C16H14N4O3. The Bertz CT molecular complexity index is 955. The number of fused-ring (bicyclic) bond motifs is 1. The maximum Gasteiger partial charge on any atom is 0.323 e. The molecule has 5 N–H and O–H groups in total. The zero-order valence-electron chi connectivity index (χ0n) is 12.1. The number of amides is 2. The number of rotatable bonds is 4. The number of carbonyl (C=O) groups is 2. The predicted molar refractivity (Wildman–Crippen MR) is 86.2 cm³/mol. The molecule has 0 radical (unpaired) electrons. The Morgan fingerprint density at radius 3 is 2.57 bits per heavy atom. The Labute approximate surface area is 130 Å². The average Bonchev–Trinajstić information content (AvgIpc) is 2.86. The van der Waals surface area contributed by atoms with Gasteiger partial charge in [-0.15, -0.1) is 0 Å². The Hall–Kier alpha value is -3.35. The number of aromatic nitrogens is 2. The van der Waals surface area contributed by atoms with Crippen molar-refractivity contribution in [2.75, 3.05) is 5.32 Å². The number of nitrogens with one attached hydrogen (secondary N) is 3. The Morgan fingerprint density at radius 2 is 1.78 bits per heavy atom. The van der Waals surface area contributed by atoms with Gasteiger partial charge >= 0.3 is 5.69 Å². The van der Waals surface area contributed by atoms with Crippen LogP contribution in [0.1, 0.15) is 15.9 Å². The van der Waals surface area contributed by atoms with Crippen molar-refractivity contribution in [3.8, 4) is 0 Å². The maximum atomic E-state index is 12.2. The molecule has 0 saturated heterocycles. The first-order chi connectivity index (χ1) is 11.0. The molecule has 116 valence electrons. The number of imidazole rings is 1. The van der Waals surface area contributed by atoms with Gasteiger partial charge < -0.3 is 21.0 Å². The summed E-state index contributed by atoms with van der Waals surface area (Å²) in [7, 11) is 0. The van der Waals surface area contributed by atoms with Gasteiger partial charge in [0, 0.05) is 0 Å². The van der Waals surface area contributed by atoms with E-state index in [4.69, 9.17) is 5.73 Å². The summed E-state index contributed by atoms with van der Waals surface area (Å²) in [5.74, 6) is -0.886. The minimum Gasteiger partial charge on any atom is -0.366 e. The molecule has 0 aliphatic rings. The van der Waals surface area contributed by atoms with Crippen molar-refractivity contribution in [3.63, 3.8) is 0 Å². The Morgan fingerprint density at radius 1 is 1.04 bits per heavy atom. The fourth-order valence-corrected chi connectivity index (χ4v) is 2.38. The number of hydrogen-bond acceptors (Lipinski definition) is 3. The highest BCUT2D eigenvalue weighted by Gasteiger charge is 2.11. The van der Waals surface area contributed by atoms with Crippen molar-refractivity contribution in [3.05, 3.63) is 64.1 Å². The van der Waals surface area contributed by atoms with Gasteiger partial charge in [-0.2, -0.15) is 0 Å². The molecule has 7 nitrogen and oxygen atoms in total. The molecule has 23 heavy (non-hydrogen) atoms. The average molecular weight is 310 g/mol. The standard InChI is InChI=1S/C16H14N4O3/c17-15(22)10-3-1-2-4-11(10)18-14(21)8-9-5-6-12-13(7-9)20-16(23)19-12/h1-7H,8H2,(H2,17,22)(H,18,21)(H2,19,20,23). The van der Waals surface area contributed by atoms with Crippen LogP contribution in [0.2, 0.25) is 0 Å². The zero-order chi connectivity index (χ0) is 16.4. The van der Waals surface area contributed by atoms with Crippen molar-refractivity contribution in [1.29, 1.82) is 0 Å². The van der Waals surface area contributed by atoms with Crippen LogP contribution in [0.5, 0.6) is 0 Å². The van der Waals surface area contributed by atoms with Crippen molar-refractivity contribution < 1.29 is 9.59 Å². The third kappa shape index (κ3) is 3.13. The van der Waals surface area contributed by atoms with Gasteiger partial charge in [-0.05, 0) is 29.8 Å². The summed E-state index contributed by atoms with van der Waals surface area (Å²) in [5, 5.41) is 2.67. The van der Waals surface area contributed by atoms with Crippen LogP contribution < -0.4 is 16.7 Å². The fraction of sp³-hybridized carbons (Fsp3) is 0.0625. The number of carbonyl (C=O) groups excluding carboxylic acids is 2. The number of H-pyrrole nitrogens is 2. The zero-order valence-corrected chi connectivity index (χ0v) is 12.1. The summed E-state index contributed by atoms with van der Waals surface area (Å²) in [6.07, 6.45) is 0.107. The normalized spacial score (nSPS) is 10.6. The van der Waals surface area contributed by atoms with E-state index in [1.807, 2.05) is 0 Å². The second-order valence-electron chi connectivity index (χ2n) is 5.09. The summed E-state index contributed by atoms with van der Waals surface area (Å²) in [5.41, 5.74) is 7.67. The van der Waals surface area contributed by atoms with Crippen LogP contribution in [0.25, 0.3) is 11.0 Å². The second-order valence-corrected chi connectivity index (χ2v) is 5.09. The van der Waals surface area contributed by atoms with E-state index in [0.717, 1.165) is 5.56 Å². The summed E-state index contributed by atoms with van der Waals surface area (Å²) in [6, 6.07) is 11.8. The van der Waals surface area contributed by atoms with Crippen LogP contribution in [-0.2, 0) is 11.2 Å². The lowest BCUT2D eigenvalue weighted by Gasteiger charge is -2.08. The van der Waals surface area contributed by atoms with Crippen LogP contribution in [0.4, 0.5) is 5.69 Å². The van der Waals surface area contributed by atoms with E-state index in [-0.39, 0.29) is 23.6 Å². The van der Waals surface area contributed by atoms with Crippen molar-refractivity contribution >= 4 is 28.5 Å². The Balaban J connectivity index is 1.78. The molecule has 3 rings (SSSR count). The molecule has 0 atom stereocenters. The highest BCUT2D eigenvalue weighted by molar-refractivity contribution is 6.03. The molecule has 0 saturated carbocycles. The number of nitrogens with two attached hydrogens (primary N) is 1. The molecule has 1 aromatic heterocycles. The summed E-state index contributed by atoms with van der Waals surface area (Å²) < 4.78 is 0. The first kappa shape index (κ1) is 14.6. The molecule has 0 aliphatic carbocycles. The molecule has 0 bridgehead atoms. The molecule has 0 fully saturated rings. The minimum absolute atomic E-state index is 0.107. The molecule has 2 amide bonds. The topological polar surface area (TPSA) is 121 Å². The van der Waals surface area contributed by atoms with Gasteiger partial charge in [0.15, 0.2) is 0 Å². The van der Waals surface area contributed by atoms with E-state index in [2.05, 4.69) is 15.3 Å². The number of aromatic amines is 2. The molecular weight excluding hydrogens is 296 g/mol. The monoisotopic (exact) mass is 310 g/mol. The molecule has 0 aliphatic heterocycles. The number of anilines is 1. The van der Waals surface area contributed by atoms with Crippen LogP contribution in [0.3, 0.4) is 0 Å². The summed E-state index contributed by atoms with van der Waals surface area (Å²) in [4.78, 5) is 40.0. The Kier molecular flexibility index (Phi) is 3.68. The first-order valence-corrected chi connectivity index (χ1v) is 6.92. The van der Waals surface area contributed by atoms with Gasteiger partial charge in [0.1, 0.15) is 0 Å². The minimum atomic E-state index is -0.604. The number of benzene rings is 2. The van der Waals surface area contributed by atoms with Crippen molar-refractivity contribution in [1.82, 2.24) is 9.97 Å². The lowest BCUT2D eigenvalue weighted by atomic mass is 10.1. The molecule has 1 heterocycles. The van der Waals surface area contributed by atoms with Gasteiger partial charge in [-0.3, -0.25) is 9.59 Å². The van der Waals surface area contributed by atoms with E-state index >= 15 is 0 Å². The molecule has 3 aromatic rings. The van der Waals surface area contributed by atoms with Crippen LogP contribution in [0, 0.1) is 0 Å². The SMILES string of the molecule is NC(=O)c1ccccc1NC(=O)Cc1ccc2[nH]c(=O)[nH]c2c1. The van der Waals surface area contributed by atoms with Crippen molar-refractivity contribution in [2.24, 2.45) is 5.73 Å². The van der Waals surface area contributed by atoms with Gasteiger partial charge in [0.2, 0.25) is 5.91 Å². The molecule has 2 aromatic carbocycles. The third-order valence-electron chi connectivity index (χ3n) is 3.41. The first-order valence-electron chi connectivity index (χ1n) is 6.92. The van der Waals surface area contributed by atoms with E-state index in [0.29, 0.717) is 16.7 Å². The van der Waals surface area contributed by atoms with E-state index in [1.54, 1.807) is 42.5 Å². The number of primary amides is 1. The van der Waals surface area contributed by atoms with E-state index in [1.165, 1.54) is 0 Å². The molecule has 7 heteroatoms. The third-order valence-corrected chi connectivity index (χ3v) is 3.41. The van der Waals surface area contributed by atoms with Crippen LogP contribution in [0.15, 0.2) is 47.3 Å².